The van der Waals surface area contributed by atoms with E-state index in [1.165, 1.54) is 185 Å². The molecule has 0 fully saturated rings. The molecule has 3 aliphatic rings. The third-order valence-corrected chi connectivity index (χ3v) is 35.0. The van der Waals surface area contributed by atoms with E-state index in [2.05, 4.69) is 467 Å². The highest BCUT2D eigenvalue weighted by atomic mass is 32.2. The van der Waals surface area contributed by atoms with E-state index in [-0.39, 0.29) is 0 Å². The lowest BCUT2D eigenvalue weighted by Crippen LogP contribution is -2.01. The molecule has 0 aliphatic carbocycles. The number of rotatable bonds is 8. The Bertz CT molecular complexity index is 10800. The largest absolute Gasteiger partial charge is 0.309 e. The number of para-hydroxylation sites is 4. The van der Waals surface area contributed by atoms with Gasteiger partial charge in [0.25, 0.3) is 0 Å². The van der Waals surface area contributed by atoms with Crippen LogP contribution in [-0.2, 0) is 0 Å². The summed E-state index contributed by atoms with van der Waals surface area (Å²) in [6.45, 7) is 0. The fourth-order valence-electron chi connectivity index (χ4n) is 22.7. The van der Waals surface area contributed by atoms with Gasteiger partial charge >= 0.3 is 0 Å². The van der Waals surface area contributed by atoms with E-state index in [9.17, 15) is 0 Å². The van der Waals surface area contributed by atoms with Gasteiger partial charge in [0.05, 0.1) is 82.5 Å². The van der Waals surface area contributed by atoms with E-state index in [4.69, 9.17) is 29.9 Å². The van der Waals surface area contributed by atoms with Gasteiger partial charge in [0, 0.05) is 180 Å². The van der Waals surface area contributed by atoms with Gasteiger partial charge in [-0.05, 0) is 222 Å². The van der Waals surface area contributed by atoms with Crippen molar-refractivity contribution < 1.29 is 0 Å². The predicted octanol–water partition coefficient (Wildman–Crippen LogP) is 36.2. The molecule has 145 heavy (non-hydrogen) atoms. The first-order chi connectivity index (χ1) is 71.8. The summed E-state index contributed by atoms with van der Waals surface area (Å²) >= 11 is 9.14. The van der Waals surface area contributed by atoms with Crippen LogP contribution in [0, 0.1) is 0 Å². The standard InChI is InChI=1S/C54H32N4S.2C38H21N3S2/c1-2-12-34-29-39(26-23-33(34)11-1)58-47-20-7-4-16-41(47)44-32-36(25-28-49(44)58)35-24-27-48-43(31-35)40-15-3-6-19-46(40)57(48)38-14-9-13-37(30-38)54-55-45-18-10-22-51-52(45)53(56-54)42-17-5-8-21-50(42)59-51;1-4-12-30-24(8-1)27-20-28-25-9-2-5-13-32(25)43-35(28)21-31(27)41(30)23-18-16-22(17-19-23)38-39-29-11-7-15-34-36(29)37(40-38)26-10-3-6-14-33(26)42-34;1-4-12-30-24(8-1)26-20-21-27-25-9-2-5-13-31(25)43-37(27)36(26)41(30)23-18-16-22(17-19-23)38-39-29-11-7-15-33-34(29)35(40-38)28-10-3-6-14-32(28)42-33/h1-32H;2*1-21H. The van der Waals surface area contributed by atoms with Gasteiger partial charge in [-0.2, -0.15) is 0 Å². The van der Waals surface area contributed by atoms with Gasteiger partial charge in [-0.25, -0.2) is 29.9 Å². The lowest BCUT2D eigenvalue weighted by molar-refractivity contribution is 1.16. The monoisotopic (exact) mass is 1930 g/mol. The normalized spacial score (nSPS) is 12.5. The van der Waals surface area contributed by atoms with E-state index in [0.717, 1.165) is 118 Å². The third-order valence-electron chi connectivity index (χ3n) is 29.3. The van der Waals surface area contributed by atoms with Crippen molar-refractivity contribution in [1.29, 1.82) is 0 Å². The average Bonchev–Trinajstić information content (AvgIpc) is 1.52. The Morgan fingerprint density at radius 2 is 0.552 bits per heavy atom. The number of fused-ring (bicyclic) bond motifs is 26. The third kappa shape index (κ3) is 13.0. The molecule has 10 nitrogen and oxygen atoms in total. The van der Waals surface area contributed by atoms with Gasteiger partial charge in [-0.15, -0.1) is 22.7 Å². The molecule has 0 saturated heterocycles. The number of aromatic nitrogens is 10. The van der Waals surface area contributed by atoms with Crippen molar-refractivity contribution in [3.8, 4) is 102 Å². The molecule has 674 valence electrons. The summed E-state index contributed by atoms with van der Waals surface area (Å²) in [6.07, 6.45) is 0. The second-order valence-corrected chi connectivity index (χ2v) is 42.8. The van der Waals surface area contributed by atoms with E-state index < -0.39 is 0 Å². The van der Waals surface area contributed by atoms with E-state index in [1.54, 1.807) is 35.3 Å². The van der Waals surface area contributed by atoms with Crippen LogP contribution in [0.5, 0.6) is 0 Å². The minimum absolute atomic E-state index is 0.730. The van der Waals surface area contributed by atoms with Crippen LogP contribution in [0.3, 0.4) is 0 Å². The summed E-state index contributed by atoms with van der Waals surface area (Å²) in [6, 6.07) is 162. The fourth-order valence-corrected chi connectivity index (χ4v) is 28.4. The smallest absolute Gasteiger partial charge is 0.160 e. The first-order valence-electron chi connectivity index (χ1n) is 48.7. The molecule has 0 N–H and O–H groups in total. The molecular formula is C130H74N10S5. The second kappa shape index (κ2) is 32.6. The van der Waals surface area contributed by atoms with Crippen LogP contribution in [0.15, 0.2) is 478 Å². The minimum Gasteiger partial charge on any atom is -0.309 e. The zero-order valence-electron chi connectivity index (χ0n) is 77.2. The highest BCUT2D eigenvalue weighted by molar-refractivity contribution is 8.00. The number of benzene rings is 21. The minimum atomic E-state index is 0.730. The highest BCUT2D eigenvalue weighted by Gasteiger charge is 2.30. The maximum Gasteiger partial charge on any atom is 0.160 e. The molecule has 0 saturated carbocycles. The second-order valence-electron chi connectivity index (χ2n) is 37.4. The van der Waals surface area contributed by atoms with Crippen molar-refractivity contribution in [3.05, 3.63) is 449 Å². The van der Waals surface area contributed by atoms with Crippen molar-refractivity contribution in [2.45, 2.75) is 29.4 Å². The zero-order valence-corrected chi connectivity index (χ0v) is 81.3. The molecule has 0 radical (unpaired) electrons. The fraction of sp³-hybridized carbons (Fsp3) is 0. The van der Waals surface area contributed by atoms with Crippen LogP contribution < -0.4 is 0 Å². The summed E-state index contributed by atoms with van der Waals surface area (Å²) in [5.74, 6) is 2.23. The van der Waals surface area contributed by atoms with Crippen molar-refractivity contribution in [1.82, 2.24) is 48.2 Å². The predicted molar refractivity (Wildman–Crippen MR) is 610 cm³/mol. The van der Waals surface area contributed by atoms with Crippen LogP contribution in [0.25, 0.3) is 273 Å². The van der Waals surface area contributed by atoms with Crippen LogP contribution in [0.1, 0.15) is 0 Å². The first-order valence-corrected chi connectivity index (χ1v) is 52.7. The molecule has 33 rings (SSSR count). The van der Waals surface area contributed by atoms with E-state index in [0.29, 0.717) is 0 Å². The molecule has 0 unspecified atom stereocenters. The Hall–Kier alpha value is -17.4. The molecule has 0 amide bonds. The van der Waals surface area contributed by atoms with Crippen LogP contribution in [-0.4, -0.2) is 48.2 Å². The van der Waals surface area contributed by atoms with Gasteiger partial charge in [-0.1, -0.05) is 284 Å². The van der Waals surface area contributed by atoms with Gasteiger partial charge in [0.15, 0.2) is 17.5 Å². The van der Waals surface area contributed by atoms with Gasteiger partial charge in [0.1, 0.15) is 0 Å². The SMILES string of the molecule is c1cc(-c2nc3c4c(cccc4n2)Sc2ccccc2-3)cc(-n2c3ccccc3c3cc(-c4ccc5c(c4)c4ccccc4n5-c4ccc5ccccc5c4)ccc32)c1.c1ccc2c(c1)Sc1cccc3nc(-c4ccc(-n5c6ccccc6c6cc7c(cc65)sc5ccccc57)cc4)nc-2c13.c1ccc2c(c1)Sc1cccc3nc(-c4ccc(-n5c6ccccc6c6ccc7c8ccccc8sc7c65)cc4)nc-2c13. The molecule has 9 aromatic heterocycles. The topological polar surface area (TPSA) is 97.1 Å². The van der Waals surface area contributed by atoms with Crippen molar-refractivity contribution in [2.75, 3.05) is 0 Å². The summed E-state index contributed by atoms with van der Waals surface area (Å²) < 4.78 is 14.9. The van der Waals surface area contributed by atoms with Crippen molar-refractivity contribution >= 4 is 229 Å². The Labute approximate surface area is 850 Å². The quantitative estimate of drug-likeness (QED) is 0.147. The Balaban J connectivity index is 0.000000101. The molecule has 12 heterocycles. The van der Waals surface area contributed by atoms with Gasteiger partial charge < -0.3 is 18.3 Å². The molecule has 0 atom stereocenters. The summed E-state index contributed by atoms with van der Waals surface area (Å²) in [5, 5.41) is 21.2. The maximum absolute atomic E-state index is 5.27. The first kappa shape index (κ1) is 82.3. The molecule has 3 aliphatic heterocycles. The van der Waals surface area contributed by atoms with Crippen molar-refractivity contribution in [3.63, 3.8) is 0 Å². The summed E-state index contributed by atoms with van der Waals surface area (Å²) in [5.41, 5.74) is 29.0. The molecule has 0 bridgehead atoms. The lowest BCUT2D eigenvalue weighted by atomic mass is 10.0. The molecular weight excluding hydrogens is 1860 g/mol. The maximum atomic E-state index is 5.27. The Morgan fingerprint density at radius 3 is 1.08 bits per heavy atom. The molecule has 0 spiro atoms. The average molecular weight is 1940 g/mol. The van der Waals surface area contributed by atoms with Crippen LogP contribution >= 0.6 is 58.0 Å². The number of thiophene rings is 2. The molecule has 15 heteroatoms. The van der Waals surface area contributed by atoms with Crippen LogP contribution in [0.2, 0.25) is 0 Å². The summed E-state index contributed by atoms with van der Waals surface area (Å²) in [7, 11) is 0. The van der Waals surface area contributed by atoms with E-state index >= 15 is 0 Å². The number of nitrogens with zero attached hydrogens (tertiary/aromatic N) is 10. The highest BCUT2D eigenvalue weighted by Crippen LogP contribution is 2.54. The molecule has 30 aromatic rings. The van der Waals surface area contributed by atoms with Gasteiger partial charge in [0.2, 0.25) is 0 Å². The number of hydrogen-bond donors (Lipinski definition) is 0. The van der Waals surface area contributed by atoms with Gasteiger partial charge in [-0.3, -0.25) is 0 Å². The Morgan fingerprint density at radius 1 is 0.179 bits per heavy atom. The van der Waals surface area contributed by atoms with Crippen molar-refractivity contribution in [2.24, 2.45) is 0 Å². The number of hydrogen-bond acceptors (Lipinski definition) is 11. The molecule has 21 aromatic carbocycles. The van der Waals surface area contributed by atoms with E-state index in [1.807, 2.05) is 22.7 Å². The zero-order chi connectivity index (χ0) is 94.7. The Kier molecular flexibility index (Phi) is 18.5. The van der Waals surface area contributed by atoms with Crippen LogP contribution in [0.4, 0.5) is 0 Å². The summed E-state index contributed by atoms with van der Waals surface area (Å²) in [4.78, 5) is 38.2. The lowest BCUT2D eigenvalue weighted by Gasteiger charge is -2.19.